The van der Waals surface area contributed by atoms with Crippen LogP contribution in [0.3, 0.4) is 0 Å². The number of ether oxygens (including phenoxy) is 2. The van der Waals surface area contributed by atoms with Crippen molar-refractivity contribution in [1.82, 2.24) is 14.1 Å². The molecular formula is C22H27N3O5S. The zero-order valence-corrected chi connectivity index (χ0v) is 19.0. The molecular weight excluding hydrogens is 418 g/mol. The maximum absolute atomic E-state index is 12.2. The van der Waals surface area contributed by atoms with Crippen LogP contribution in [0, 0.1) is 5.92 Å². The van der Waals surface area contributed by atoms with Gasteiger partial charge in [-0.1, -0.05) is 0 Å². The lowest BCUT2D eigenvalue weighted by Crippen LogP contribution is -2.17. The normalized spacial score (nSPS) is 14.2. The number of hydrogen-bond donors (Lipinski definition) is 0. The second-order valence-electron chi connectivity index (χ2n) is 8.17. The molecule has 0 bridgehead atoms. The molecule has 0 unspecified atom stereocenters. The smallest absolute Gasteiger partial charge is 0.297 e. The maximum Gasteiger partial charge on any atom is 0.297 e. The van der Waals surface area contributed by atoms with Crippen molar-refractivity contribution in [3.8, 4) is 22.9 Å². The molecule has 8 nitrogen and oxygen atoms in total. The molecule has 2 aromatic heterocycles. The van der Waals surface area contributed by atoms with E-state index in [0.717, 1.165) is 23.2 Å². The molecule has 2 heterocycles. The molecule has 1 aromatic carbocycles. The summed E-state index contributed by atoms with van der Waals surface area (Å²) in [6.45, 7) is 3.16. The van der Waals surface area contributed by atoms with Crippen molar-refractivity contribution in [3.63, 3.8) is 0 Å². The number of sulfone groups is 1. The molecule has 0 radical (unpaired) electrons. The Morgan fingerprint density at radius 1 is 1.19 bits per heavy atom. The lowest BCUT2D eigenvalue weighted by Gasteiger charge is -2.12. The first-order chi connectivity index (χ1) is 14.7. The van der Waals surface area contributed by atoms with Crippen LogP contribution in [0.1, 0.15) is 25.3 Å². The lowest BCUT2D eigenvalue weighted by molar-refractivity contribution is 0.296. The van der Waals surface area contributed by atoms with Crippen molar-refractivity contribution in [3.05, 3.63) is 40.3 Å². The highest BCUT2D eigenvalue weighted by Gasteiger charge is 2.26. The fraction of sp³-hybridized carbons (Fsp3) is 0.455. The van der Waals surface area contributed by atoms with E-state index in [1.807, 2.05) is 23.6 Å². The van der Waals surface area contributed by atoms with E-state index in [1.54, 1.807) is 19.3 Å². The molecule has 9 heteroatoms. The zero-order valence-electron chi connectivity index (χ0n) is 18.2. The average molecular weight is 446 g/mol. The molecule has 0 saturated heterocycles. The number of imidazole rings is 1. The van der Waals surface area contributed by atoms with Crippen molar-refractivity contribution in [2.75, 3.05) is 20.0 Å². The number of aromatic nitrogens is 3. The zero-order chi connectivity index (χ0) is 22.3. The van der Waals surface area contributed by atoms with E-state index in [2.05, 4.69) is 4.98 Å². The van der Waals surface area contributed by atoms with E-state index in [-0.39, 0.29) is 17.1 Å². The summed E-state index contributed by atoms with van der Waals surface area (Å²) in [4.78, 5) is 16.9. The summed E-state index contributed by atoms with van der Waals surface area (Å²) in [5.74, 6) is 0.675. The van der Waals surface area contributed by atoms with Gasteiger partial charge in [-0.2, -0.15) is 4.98 Å². The molecule has 166 valence electrons. The molecule has 0 aliphatic heterocycles. The number of nitrogens with zero attached hydrogens (tertiary/aromatic N) is 3. The molecule has 1 aliphatic rings. The number of rotatable bonds is 8. The second-order valence-corrected chi connectivity index (χ2v) is 10.3. The van der Waals surface area contributed by atoms with Gasteiger partial charge in [0.15, 0.2) is 15.6 Å². The number of fused-ring (bicyclic) bond motifs is 1. The summed E-state index contributed by atoms with van der Waals surface area (Å²) < 4.78 is 38.9. The number of pyridine rings is 1. The van der Waals surface area contributed by atoms with Crippen molar-refractivity contribution in [2.24, 2.45) is 13.0 Å². The van der Waals surface area contributed by atoms with Crippen LogP contribution < -0.4 is 15.0 Å². The Bertz CT molecular complexity index is 1300. The summed E-state index contributed by atoms with van der Waals surface area (Å²) >= 11 is 0. The minimum absolute atomic E-state index is 0.133. The monoisotopic (exact) mass is 445 g/mol. The topological polar surface area (TPSA) is 92.4 Å². The highest BCUT2D eigenvalue weighted by atomic mass is 32.2. The molecule has 0 spiro atoms. The SMILES string of the molecule is CCOc1nc2c(CS(C)(=O)=O)cc(-c3cc(OC)c(=O)n(C)c3)cc2n1CC1CC1. The van der Waals surface area contributed by atoms with Gasteiger partial charge in [0.05, 0.1) is 30.5 Å². The van der Waals surface area contributed by atoms with Gasteiger partial charge >= 0.3 is 0 Å². The first-order valence-electron chi connectivity index (χ1n) is 10.3. The third-order valence-corrected chi connectivity index (χ3v) is 6.27. The molecule has 0 amide bonds. The quantitative estimate of drug-likeness (QED) is 0.529. The van der Waals surface area contributed by atoms with E-state index in [0.29, 0.717) is 29.6 Å². The van der Waals surface area contributed by atoms with E-state index in [1.165, 1.54) is 30.8 Å². The second kappa shape index (κ2) is 8.03. The van der Waals surface area contributed by atoms with Crippen LogP contribution in [0.15, 0.2) is 29.2 Å². The van der Waals surface area contributed by atoms with E-state index in [4.69, 9.17) is 9.47 Å². The average Bonchev–Trinajstić information content (AvgIpc) is 3.45. The van der Waals surface area contributed by atoms with E-state index < -0.39 is 9.84 Å². The molecule has 31 heavy (non-hydrogen) atoms. The predicted molar refractivity (Wildman–Crippen MR) is 119 cm³/mol. The summed E-state index contributed by atoms with van der Waals surface area (Å²) in [7, 11) is -0.174. The molecule has 1 aliphatic carbocycles. The number of hydrogen-bond acceptors (Lipinski definition) is 6. The van der Waals surface area contributed by atoms with Crippen LogP contribution in [0.2, 0.25) is 0 Å². The van der Waals surface area contributed by atoms with Crippen molar-refractivity contribution >= 4 is 20.9 Å². The Labute approximate surface area is 181 Å². The van der Waals surface area contributed by atoms with Crippen LogP contribution in [-0.2, 0) is 29.2 Å². The highest BCUT2D eigenvalue weighted by Crippen LogP contribution is 2.37. The summed E-state index contributed by atoms with van der Waals surface area (Å²) in [5.41, 5.74) is 3.39. The van der Waals surface area contributed by atoms with Crippen molar-refractivity contribution in [2.45, 2.75) is 32.1 Å². The number of aryl methyl sites for hydroxylation is 1. The number of benzene rings is 1. The van der Waals surface area contributed by atoms with Crippen LogP contribution in [0.25, 0.3) is 22.2 Å². The fourth-order valence-corrected chi connectivity index (χ4v) is 4.58. The Morgan fingerprint density at radius 2 is 1.94 bits per heavy atom. The van der Waals surface area contributed by atoms with Gasteiger partial charge in [0.25, 0.3) is 11.6 Å². The summed E-state index contributed by atoms with van der Waals surface area (Å²) in [6, 6.07) is 6.00. The van der Waals surface area contributed by atoms with Crippen LogP contribution >= 0.6 is 0 Å². The Hall–Kier alpha value is -2.81. The summed E-state index contributed by atoms with van der Waals surface area (Å²) in [6.07, 6.45) is 5.27. The van der Waals surface area contributed by atoms with Crippen molar-refractivity contribution in [1.29, 1.82) is 0 Å². The fourth-order valence-electron chi connectivity index (χ4n) is 3.79. The molecule has 0 atom stereocenters. The van der Waals surface area contributed by atoms with E-state index >= 15 is 0 Å². The van der Waals surface area contributed by atoms with Gasteiger partial charge in [-0.3, -0.25) is 9.36 Å². The minimum atomic E-state index is -3.29. The van der Waals surface area contributed by atoms with Crippen LogP contribution in [-0.4, -0.2) is 42.5 Å². The number of methoxy groups -OCH3 is 1. The first-order valence-corrected chi connectivity index (χ1v) is 12.3. The Morgan fingerprint density at radius 3 is 2.55 bits per heavy atom. The van der Waals surface area contributed by atoms with Gasteiger partial charge in [-0.25, -0.2) is 8.42 Å². The van der Waals surface area contributed by atoms with Gasteiger partial charge < -0.3 is 14.0 Å². The maximum atomic E-state index is 12.2. The largest absolute Gasteiger partial charge is 0.491 e. The molecule has 4 rings (SSSR count). The standard InChI is InChI=1S/C22H27N3O5S/c1-5-30-22-23-20-17(13-31(4,27)28)8-15(9-18(20)25(22)11-14-6-7-14)16-10-19(29-3)21(26)24(2)12-16/h8-10,12,14H,5-7,11,13H2,1-4H3. The molecule has 1 fully saturated rings. The van der Waals surface area contributed by atoms with E-state index in [9.17, 15) is 13.2 Å². The molecule has 0 N–H and O–H groups in total. The molecule has 3 aromatic rings. The predicted octanol–water partition coefficient (Wildman–Crippen LogP) is 2.76. The third kappa shape index (κ3) is 4.46. The summed E-state index contributed by atoms with van der Waals surface area (Å²) in [5, 5.41) is 0. The molecule has 1 saturated carbocycles. The van der Waals surface area contributed by atoms with Crippen molar-refractivity contribution < 1.29 is 17.9 Å². The van der Waals surface area contributed by atoms with Crippen LogP contribution in [0.5, 0.6) is 11.8 Å². The van der Waals surface area contributed by atoms with Gasteiger partial charge in [0.2, 0.25) is 0 Å². The Kier molecular flexibility index (Phi) is 5.55. The highest BCUT2D eigenvalue weighted by molar-refractivity contribution is 7.89. The van der Waals surface area contributed by atoms with Crippen LogP contribution in [0.4, 0.5) is 0 Å². The minimum Gasteiger partial charge on any atom is -0.491 e. The van der Waals surface area contributed by atoms with Gasteiger partial charge in [-0.05, 0) is 55.0 Å². The lowest BCUT2D eigenvalue weighted by atomic mass is 10.0. The van der Waals surface area contributed by atoms with Gasteiger partial charge in [0.1, 0.15) is 0 Å². The third-order valence-electron chi connectivity index (χ3n) is 5.43. The first kappa shape index (κ1) is 21.4. The van der Waals surface area contributed by atoms with Gasteiger partial charge in [0, 0.05) is 31.6 Å². The Balaban J connectivity index is 1.98. The van der Waals surface area contributed by atoms with Gasteiger partial charge in [-0.15, -0.1) is 0 Å².